The van der Waals surface area contributed by atoms with E-state index in [2.05, 4.69) is 30.4 Å². The van der Waals surface area contributed by atoms with Gasteiger partial charge in [-0.25, -0.2) is 0 Å². The van der Waals surface area contributed by atoms with Gasteiger partial charge in [-0.05, 0) is 42.9 Å². The van der Waals surface area contributed by atoms with Crippen molar-refractivity contribution in [3.05, 3.63) is 23.8 Å². The van der Waals surface area contributed by atoms with Crippen LogP contribution in [-0.4, -0.2) is 25.8 Å². The second kappa shape index (κ2) is 4.66. The zero-order valence-corrected chi connectivity index (χ0v) is 12.2. The van der Waals surface area contributed by atoms with Crippen LogP contribution >= 0.6 is 0 Å². The lowest BCUT2D eigenvalue weighted by atomic mass is 9.91. The highest BCUT2D eigenvalue weighted by Gasteiger charge is 2.54. The van der Waals surface area contributed by atoms with Gasteiger partial charge in [0, 0.05) is 18.0 Å². The van der Waals surface area contributed by atoms with Gasteiger partial charge in [-0.1, -0.05) is 19.4 Å². The molecule has 2 unspecified atom stereocenters. The van der Waals surface area contributed by atoms with Gasteiger partial charge in [0.2, 0.25) is 0 Å². The lowest BCUT2D eigenvalue weighted by molar-refractivity contribution is 0.171. The topological polar surface area (TPSA) is 30.5 Å². The third-order valence-electron chi connectivity index (χ3n) is 5.13. The van der Waals surface area contributed by atoms with Crippen molar-refractivity contribution in [1.29, 1.82) is 0 Å². The number of hydrogen-bond donors (Lipinski definition) is 1. The Labute approximate surface area is 120 Å². The summed E-state index contributed by atoms with van der Waals surface area (Å²) in [7, 11) is 0. The average molecular weight is 273 g/mol. The Balaban J connectivity index is 1.59. The van der Waals surface area contributed by atoms with Gasteiger partial charge in [0.25, 0.3) is 0 Å². The second-order valence-electron chi connectivity index (χ2n) is 6.48. The van der Waals surface area contributed by atoms with Gasteiger partial charge in [-0.15, -0.1) is 0 Å². The van der Waals surface area contributed by atoms with Gasteiger partial charge in [0.15, 0.2) is 11.5 Å². The lowest BCUT2D eigenvalue weighted by Gasteiger charge is -2.23. The van der Waals surface area contributed by atoms with Crippen molar-refractivity contribution in [2.75, 3.05) is 19.8 Å². The van der Waals surface area contributed by atoms with E-state index in [9.17, 15) is 0 Å². The van der Waals surface area contributed by atoms with E-state index in [1.807, 2.05) is 0 Å². The standard InChI is InChI=1S/C17H23NO2/c1-2-12-10-17(12,11-18-14-4-5-14)13-3-6-15-16(9-13)20-8-7-19-15/h3,6,9,12,14,18H,2,4-5,7-8,10-11H2,1H3. The van der Waals surface area contributed by atoms with E-state index in [0.717, 1.165) is 30.0 Å². The molecule has 0 aromatic heterocycles. The molecule has 0 bridgehead atoms. The van der Waals surface area contributed by atoms with Crippen LogP contribution in [0.1, 0.15) is 38.2 Å². The first-order chi connectivity index (χ1) is 9.82. The van der Waals surface area contributed by atoms with Crippen LogP contribution in [0.5, 0.6) is 11.5 Å². The Kier molecular flexibility index (Phi) is 2.92. The minimum atomic E-state index is 0.340. The highest BCUT2D eigenvalue weighted by molar-refractivity contribution is 5.48. The van der Waals surface area contributed by atoms with Crippen molar-refractivity contribution >= 4 is 0 Å². The fourth-order valence-electron chi connectivity index (χ4n) is 3.55. The zero-order valence-electron chi connectivity index (χ0n) is 12.2. The van der Waals surface area contributed by atoms with Crippen molar-refractivity contribution in [2.45, 2.75) is 44.1 Å². The van der Waals surface area contributed by atoms with Crippen LogP contribution in [-0.2, 0) is 5.41 Å². The van der Waals surface area contributed by atoms with Crippen LogP contribution in [0.3, 0.4) is 0 Å². The number of ether oxygens (including phenoxy) is 2. The molecule has 1 N–H and O–H groups in total. The Bertz CT molecular complexity index is 512. The molecule has 108 valence electrons. The summed E-state index contributed by atoms with van der Waals surface area (Å²) in [6.45, 7) is 4.76. The summed E-state index contributed by atoms with van der Waals surface area (Å²) in [6, 6.07) is 7.34. The fourth-order valence-corrected chi connectivity index (χ4v) is 3.55. The molecule has 1 heterocycles. The molecule has 0 radical (unpaired) electrons. The van der Waals surface area contributed by atoms with E-state index in [0.29, 0.717) is 18.6 Å². The highest BCUT2D eigenvalue weighted by Crippen LogP contribution is 2.56. The molecule has 20 heavy (non-hydrogen) atoms. The largest absolute Gasteiger partial charge is 0.486 e. The average Bonchev–Trinajstić information content (AvgIpc) is 3.39. The number of fused-ring (bicyclic) bond motifs is 1. The molecule has 0 saturated heterocycles. The third kappa shape index (κ3) is 2.08. The molecule has 3 heteroatoms. The van der Waals surface area contributed by atoms with Crippen molar-refractivity contribution < 1.29 is 9.47 Å². The summed E-state index contributed by atoms with van der Waals surface area (Å²) in [5, 5.41) is 3.73. The molecule has 1 aromatic carbocycles. The number of benzene rings is 1. The predicted molar refractivity (Wildman–Crippen MR) is 78.5 cm³/mol. The number of rotatable bonds is 5. The Hall–Kier alpha value is -1.22. The minimum absolute atomic E-state index is 0.340. The van der Waals surface area contributed by atoms with Crippen LogP contribution in [0.4, 0.5) is 0 Å². The molecule has 1 aliphatic heterocycles. The zero-order chi connectivity index (χ0) is 13.6. The van der Waals surface area contributed by atoms with Crippen molar-refractivity contribution in [2.24, 2.45) is 5.92 Å². The normalized spacial score (nSPS) is 31.1. The van der Waals surface area contributed by atoms with Gasteiger partial charge in [-0.3, -0.25) is 0 Å². The van der Waals surface area contributed by atoms with E-state index >= 15 is 0 Å². The van der Waals surface area contributed by atoms with Crippen LogP contribution in [0.15, 0.2) is 18.2 Å². The summed E-state index contributed by atoms with van der Waals surface area (Å²) in [4.78, 5) is 0. The molecule has 0 spiro atoms. The lowest BCUT2D eigenvalue weighted by Crippen LogP contribution is -2.30. The fraction of sp³-hybridized carbons (Fsp3) is 0.647. The van der Waals surface area contributed by atoms with E-state index in [-0.39, 0.29) is 0 Å². The molecular weight excluding hydrogens is 250 g/mol. The smallest absolute Gasteiger partial charge is 0.161 e. The molecule has 3 nitrogen and oxygen atoms in total. The second-order valence-corrected chi connectivity index (χ2v) is 6.48. The van der Waals surface area contributed by atoms with Gasteiger partial charge in [0.1, 0.15) is 13.2 Å². The summed E-state index contributed by atoms with van der Waals surface area (Å²) < 4.78 is 11.4. The first-order valence-corrected chi connectivity index (χ1v) is 7.95. The van der Waals surface area contributed by atoms with Crippen LogP contribution < -0.4 is 14.8 Å². The van der Waals surface area contributed by atoms with Gasteiger partial charge >= 0.3 is 0 Å². The molecule has 0 amide bonds. The monoisotopic (exact) mass is 273 g/mol. The van der Waals surface area contributed by atoms with Crippen LogP contribution in [0.2, 0.25) is 0 Å². The van der Waals surface area contributed by atoms with Gasteiger partial charge in [0.05, 0.1) is 0 Å². The quantitative estimate of drug-likeness (QED) is 0.895. The van der Waals surface area contributed by atoms with Gasteiger partial charge in [-0.2, -0.15) is 0 Å². The van der Waals surface area contributed by atoms with Crippen molar-refractivity contribution in [1.82, 2.24) is 5.32 Å². The molecule has 2 fully saturated rings. The molecule has 1 aromatic rings. The van der Waals surface area contributed by atoms with E-state index in [1.54, 1.807) is 0 Å². The first kappa shape index (κ1) is 12.5. The summed E-state index contributed by atoms with van der Waals surface area (Å²) in [6.07, 6.45) is 5.28. The van der Waals surface area contributed by atoms with Crippen molar-refractivity contribution in [3.8, 4) is 11.5 Å². The molecule has 2 atom stereocenters. The first-order valence-electron chi connectivity index (χ1n) is 7.95. The Morgan fingerprint density at radius 2 is 2.00 bits per heavy atom. The minimum Gasteiger partial charge on any atom is -0.486 e. The summed E-state index contributed by atoms with van der Waals surface area (Å²) in [5.41, 5.74) is 1.77. The Morgan fingerprint density at radius 3 is 2.70 bits per heavy atom. The van der Waals surface area contributed by atoms with Crippen LogP contribution in [0.25, 0.3) is 0 Å². The maximum atomic E-state index is 5.75. The van der Waals surface area contributed by atoms with E-state index in [4.69, 9.17) is 9.47 Å². The van der Waals surface area contributed by atoms with Gasteiger partial charge < -0.3 is 14.8 Å². The Morgan fingerprint density at radius 1 is 1.20 bits per heavy atom. The summed E-state index contributed by atoms with van der Waals surface area (Å²) in [5.74, 6) is 2.65. The van der Waals surface area contributed by atoms with Crippen molar-refractivity contribution in [3.63, 3.8) is 0 Å². The number of nitrogens with one attached hydrogen (secondary N) is 1. The molecule has 4 rings (SSSR count). The van der Waals surface area contributed by atoms with E-state index < -0.39 is 0 Å². The summed E-state index contributed by atoms with van der Waals surface area (Å²) >= 11 is 0. The predicted octanol–water partition coefficient (Wildman–Crippen LogP) is 2.88. The van der Waals surface area contributed by atoms with Crippen LogP contribution in [0, 0.1) is 5.92 Å². The number of hydrogen-bond acceptors (Lipinski definition) is 3. The molecular formula is C17H23NO2. The maximum absolute atomic E-state index is 5.75. The molecule has 2 aliphatic carbocycles. The highest BCUT2D eigenvalue weighted by atomic mass is 16.6. The maximum Gasteiger partial charge on any atom is 0.161 e. The third-order valence-corrected chi connectivity index (χ3v) is 5.13. The molecule has 3 aliphatic rings. The van der Waals surface area contributed by atoms with E-state index in [1.165, 1.54) is 31.2 Å². The molecule has 2 saturated carbocycles. The SMILES string of the molecule is CCC1CC1(CNC1CC1)c1ccc2c(c1)OCCO2.